The largest absolute Gasteiger partial charge is 0.464 e. The van der Waals surface area contributed by atoms with E-state index in [1.165, 1.54) is 24.5 Å². The number of aryl methyl sites for hydroxylation is 1. The van der Waals surface area contributed by atoms with Gasteiger partial charge in [-0.2, -0.15) is 0 Å². The predicted octanol–water partition coefficient (Wildman–Crippen LogP) is 4.62. The Morgan fingerprint density at radius 2 is 2.25 bits per heavy atom. The normalized spacial score (nSPS) is 10.8. The first-order valence-corrected chi connectivity index (χ1v) is 8.41. The number of hydrogen-bond acceptors (Lipinski definition) is 4. The summed E-state index contributed by atoms with van der Waals surface area (Å²) in [5.41, 5.74) is 3.16. The molecule has 124 valence electrons. The SMILES string of the molecule is COC(=O)c1cc(-c2csc(Cc3c(F)cccc3Cl)n2)c(C)[nH]1. The topological polar surface area (TPSA) is 55.0 Å². The van der Waals surface area contributed by atoms with E-state index in [-0.39, 0.29) is 5.82 Å². The molecule has 0 atom stereocenters. The fourth-order valence-electron chi connectivity index (χ4n) is 2.41. The van der Waals surface area contributed by atoms with E-state index < -0.39 is 5.97 Å². The average molecular weight is 365 g/mol. The molecule has 7 heteroatoms. The first-order chi connectivity index (χ1) is 11.5. The number of hydrogen-bond donors (Lipinski definition) is 1. The van der Waals surface area contributed by atoms with Crippen LogP contribution in [0.2, 0.25) is 5.02 Å². The lowest BCUT2D eigenvalue weighted by atomic mass is 10.1. The number of ether oxygens (including phenoxy) is 1. The van der Waals surface area contributed by atoms with Gasteiger partial charge >= 0.3 is 5.97 Å². The van der Waals surface area contributed by atoms with Crippen LogP contribution in [-0.2, 0) is 11.2 Å². The van der Waals surface area contributed by atoms with Gasteiger partial charge in [-0.1, -0.05) is 17.7 Å². The summed E-state index contributed by atoms with van der Waals surface area (Å²) in [4.78, 5) is 19.1. The Kier molecular flexibility index (Phi) is 4.69. The predicted molar refractivity (Wildman–Crippen MR) is 92.2 cm³/mol. The van der Waals surface area contributed by atoms with Crippen LogP contribution >= 0.6 is 22.9 Å². The van der Waals surface area contributed by atoms with Crippen LogP contribution in [0.4, 0.5) is 4.39 Å². The number of H-pyrrole nitrogens is 1. The zero-order chi connectivity index (χ0) is 17.3. The number of aromatic nitrogens is 2. The highest BCUT2D eigenvalue weighted by Crippen LogP contribution is 2.29. The first kappa shape index (κ1) is 16.7. The molecule has 0 aliphatic rings. The van der Waals surface area contributed by atoms with Crippen LogP contribution in [0.15, 0.2) is 29.6 Å². The fraction of sp³-hybridized carbons (Fsp3) is 0.176. The van der Waals surface area contributed by atoms with Gasteiger partial charge in [0.2, 0.25) is 0 Å². The van der Waals surface area contributed by atoms with Crippen molar-refractivity contribution >= 4 is 28.9 Å². The molecule has 0 bridgehead atoms. The molecule has 0 radical (unpaired) electrons. The maximum atomic E-state index is 13.9. The molecule has 0 unspecified atom stereocenters. The lowest BCUT2D eigenvalue weighted by Gasteiger charge is -2.03. The second-order valence-electron chi connectivity index (χ2n) is 5.22. The minimum atomic E-state index is -0.432. The van der Waals surface area contributed by atoms with E-state index >= 15 is 0 Å². The smallest absolute Gasteiger partial charge is 0.354 e. The van der Waals surface area contributed by atoms with Gasteiger partial charge in [0.1, 0.15) is 11.5 Å². The van der Waals surface area contributed by atoms with E-state index in [1.807, 2.05) is 12.3 Å². The number of esters is 1. The molecule has 4 nitrogen and oxygen atoms in total. The van der Waals surface area contributed by atoms with Crippen molar-refractivity contribution in [2.75, 3.05) is 7.11 Å². The van der Waals surface area contributed by atoms with Crippen LogP contribution in [0, 0.1) is 12.7 Å². The number of nitrogens with zero attached hydrogens (tertiary/aromatic N) is 1. The Morgan fingerprint density at radius 3 is 2.96 bits per heavy atom. The van der Waals surface area contributed by atoms with Gasteiger partial charge in [-0.15, -0.1) is 11.3 Å². The van der Waals surface area contributed by atoms with Crippen LogP contribution in [0.25, 0.3) is 11.3 Å². The summed E-state index contributed by atoms with van der Waals surface area (Å²) >= 11 is 7.49. The molecule has 0 spiro atoms. The van der Waals surface area contributed by atoms with Crippen molar-refractivity contribution in [3.8, 4) is 11.3 Å². The second-order valence-corrected chi connectivity index (χ2v) is 6.57. The summed E-state index contributed by atoms with van der Waals surface area (Å²) in [6, 6.07) is 6.32. The lowest BCUT2D eigenvalue weighted by molar-refractivity contribution is 0.0594. The molecule has 1 aromatic carbocycles. The zero-order valence-corrected chi connectivity index (χ0v) is 14.6. The van der Waals surface area contributed by atoms with Gasteiger partial charge in [-0.3, -0.25) is 0 Å². The van der Waals surface area contributed by atoms with E-state index in [2.05, 4.69) is 9.97 Å². The zero-order valence-electron chi connectivity index (χ0n) is 13.0. The summed E-state index contributed by atoms with van der Waals surface area (Å²) in [5.74, 6) is -0.775. The van der Waals surface area contributed by atoms with Crippen molar-refractivity contribution in [2.45, 2.75) is 13.3 Å². The Morgan fingerprint density at radius 1 is 1.46 bits per heavy atom. The summed E-state index contributed by atoms with van der Waals surface area (Å²) in [6.45, 7) is 1.86. The number of nitrogens with one attached hydrogen (secondary N) is 1. The van der Waals surface area contributed by atoms with Crippen molar-refractivity contribution in [2.24, 2.45) is 0 Å². The molecule has 0 aliphatic heterocycles. The molecule has 0 fully saturated rings. The van der Waals surface area contributed by atoms with Gasteiger partial charge in [0, 0.05) is 33.6 Å². The molecular formula is C17H14ClFN2O2S. The highest BCUT2D eigenvalue weighted by molar-refractivity contribution is 7.10. The van der Waals surface area contributed by atoms with Crippen molar-refractivity contribution in [3.63, 3.8) is 0 Å². The maximum absolute atomic E-state index is 13.9. The number of benzene rings is 1. The van der Waals surface area contributed by atoms with Gasteiger partial charge in [-0.05, 0) is 25.1 Å². The Hall–Kier alpha value is -2.18. The highest BCUT2D eigenvalue weighted by atomic mass is 35.5. The molecule has 0 amide bonds. The molecule has 0 saturated carbocycles. The third-order valence-corrected chi connectivity index (χ3v) is 4.84. The summed E-state index contributed by atoms with van der Waals surface area (Å²) in [6.07, 6.45) is 0.323. The van der Waals surface area contributed by atoms with Crippen LogP contribution in [0.3, 0.4) is 0 Å². The van der Waals surface area contributed by atoms with Crippen molar-refractivity contribution < 1.29 is 13.9 Å². The van der Waals surface area contributed by atoms with Crippen LogP contribution in [0.5, 0.6) is 0 Å². The minimum Gasteiger partial charge on any atom is -0.464 e. The van der Waals surface area contributed by atoms with Gasteiger partial charge in [0.25, 0.3) is 0 Å². The average Bonchev–Trinajstić information content (AvgIpc) is 3.16. The van der Waals surface area contributed by atoms with Crippen LogP contribution < -0.4 is 0 Å². The third kappa shape index (κ3) is 3.20. The van der Waals surface area contributed by atoms with E-state index in [1.54, 1.807) is 18.2 Å². The molecule has 0 saturated heterocycles. The van der Waals surface area contributed by atoms with Crippen molar-refractivity contribution in [1.29, 1.82) is 0 Å². The number of rotatable bonds is 4. The summed E-state index contributed by atoms with van der Waals surface area (Å²) in [5, 5.41) is 3.01. The van der Waals surface area contributed by atoms with Gasteiger partial charge in [0.05, 0.1) is 17.8 Å². The van der Waals surface area contributed by atoms with E-state index in [0.717, 1.165) is 22.0 Å². The minimum absolute atomic E-state index is 0.323. The highest BCUT2D eigenvalue weighted by Gasteiger charge is 2.16. The van der Waals surface area contributed by atoms with Gasteiger partial charge < -0.3 is 9.72 Å². The molecule has 1 N–H and O–H groups in total. The molecule has 24 heavy (non-hydrogen) atoms. The number of halogens is 2. The quantitative estimate of drug-likeness (QED) is 0.687. The Bertz CT molecular complexity index is 884. The number of carbonyl (C=O) groups excluding carboxylic acids is 1. The third-order valence-electron chi connectivity index (χ3n) is 3.64. The summed E-state index contributed by atoms with van der Waals surface area (Å²) < 4.78 is 18.6. The maximum Gasteiger partial charge on any atom is 0.354 e. The monoisotopic (exact) mass is 364 g/mol. The second kappa shape index (κ2) is 6.75. The molecular weight excluding hydrogens is 351 g/mol. The van der Waals surface area contributed by atoms with E-state index in [9.17, 15) is 9.18 Å². The van der Waals surface area contributed by atoms with Crippen LogP contribution in [0.1, 0.15) is 26.8 Å². The number of thiazole rings is 1. The molecule has 0 aliphatic carbocycles. The Balaban J connectivity index is 1.89. The number of methoxy groups -OCH3 is 1. The van der Waals surface area contributed by atoms with Gasteiger partial charge in [0.15, 0.2) is 0 Å². The Labute approximate surface area is 147 Å². The first-order valence-electron chi connectivity index (χ1n) is 7.15. The molecule has 3 rings (SSSR count). The summed E-state index contributed by atoms with van der Waals surface area (Å²) in [7, 11) is 1.33. The number of aromatic amines is 1. The van der Waals surface area contributed by atoms with Gasteiger partial charge in [-0.25, -0.2) is 14.2 Å². The van der Waals surface area contributed by atoms with Crippen molar-refractivity contribution in [1.82, 2.24) is 9.97 Å². The molecule has 3 aromatic rings. The molecule has 2 heterocycles. The lowest BCUT2D eigenvalue weighted by Crippen LogP contribution is -2.00. The molecule has 2 aromatic heterocycles. The van der Waals surface area contributed by atoms with E-state index in [0.29, 0.717) is 22.7 Å². The fourth-order valence-corrected chi connectivity index (χ4v) is 3.45. The van der Waals surface area contributed by atoms with Crippen molar-refractivity contribution in [3.05, 3.63) is 62.4 Å². The standard InChI is InChI=1S/C17H14ClFN2O2S/c1-9-10(6-14(20-9)17(22)23-2)15-8-24-16(21-15)7-11-12(18)4-3-5-13(11)19/h3-6,8,20H,7H2,1-2H3. The number of carbonyl (C=O) groups is 1. The van der Waals surface area contributed by atoms with E-state index in [4.69, 9.17) is 16.3 Å². The van der Waals surface area contributed by atoms with Crippen LogP contribution in [-0.4, -0.2) is 23.0 Å².